The molecule has 9 heteroatoms. The van der Waals surface area contributed by atoms with Gasteiger partial charge in [0, 0.05) is 61.5 Å². The second-order valence-electron chi connectivity index (χ2n) is 12.6. The van der Waals surface area contributed by atoms with Gasteiger partial charge in [-0.3, -0.25) is 9.59 Å². The highest BCUT2D eigenvalue weighted by molar-refractivity contribution is 5.91. The number of nitrogens with zero attached hydrogens (tertiary/aromatic N) is 1. The Balaban J connectivity index is 1.30. The monoisotopic (exact) mass is 661 g/mol. The van der Waals surface area contributed by atoms with Crippen LogP contribution in [0.1, 0.15) is 53.9 Å². The number of aromatic hydroxyl groups is 2. The molecule has 1 amide bonds. The molecule has 7 rings (SSSR count). The summed E-state index contributed by atoms with van der Waals surface area (Å²) in [6.45, 7) is 2.39. The van der Waals surface area contributed by atoms with Crippen molar-refractivity contribution in [2.75, 3.05) is 33.4 Å². The van der Waals surface area contributed by atoms with Crippen LogP contribution in [0.5, 0.6) is 28.7 Å². The van der Waals surface area contributed by atoms with Crippen LogP contribution in [0.15, 0.2) is 88.1 Å². The normalized spacial score (nSPS) is 14.7. The van der Waals surface area contributed by atoms with Crippen LogP contribution in [0, 0.1) is 0 Å². The molecule has 0 aliphatic carbocycles. The Bertz CT molecular complexity index is 2050. The van der Waals surface area contributed by atoms with Crippen LogP contribution in [0.4, 0.5) is 0 Å². The van der Waals surface area contributed by atoms with Gasteiger partial charge in [-0.25, -0.2) is 0 Å². The molecule has 9 nitrogen and oxygen atoms in total. The highest BCUT2D eigenvalue weighted by Gasteiger charge is 2.30. The van der Waals surface area contributed by atoms with E-state index < -0.39 is 17.1 Å². The summed E-state index contributed by atoms with van der Waals surface area (Å²) in [6, 6.07) is 23.3. The smallest absolute Gasteiger partial charge is 0.223 e. The van der Waals surface area contributed by atoms with Gasteiger partial charge in [0.1, 0.15) is 34.0 Å². The molecule has 3 heterocycles. The Morgan fingerprint density at radius 2 is 1.73 bits per heavy atom. The van der Waals surface area contributed by atoms with Gasteiger partial charge in [-0.05, 0) is 54.2 Å². The van der Waals surface area contributed by atoms with E-state index in [4.69, 9.17) is 18.6 Å². The highest BCUT2D eigenvalue weighted by Crippen LogP contribution is 2.45. The van der Waals surface area contributed by atoms with Gasteiger partial charge in [0.25, 0.3) is 0 Å². The maximum Gasteiger partial charge on any atom is 0.223 e. The Morgan fingerprint density at radius 1 is 0.918 bits per heavy atom. The van der Waals surface area contributed by atoms with E-state index in [9.17, 15) is 19.8 Å². The highest BCUT2D eigenvalue weighted by atomic mass is 16.5. The summed E-state index contributed by atoms with van der Waals surface area (Å²) >= 11 is 0. The van der Waals surface area contributed by atoms with Gasteiger partial charge in [0.05, 0.1) is 20.3 Å². The molecule has 0 bridgehead atoms. The topological polar surface area (TPSA) is 119 Å². The molecule has 2 aliphatic rings. The van der Waals surface area contributed by atoms with E-state index in [-0.39, 0.29) is 40.4 Å². The fraction of sp³-hybridized carbons (Fsp3) is 0.300. The average Bonchev–Trinajstić information content (AvgIpc) is 3.59. The number of hydrogen-bond acceptors (Lipinski definition) is 8. The predicted octanol–water partition coefficient (Wildman–Crippen LogP) is 6.97. The molecule has 1 saturated heterocycles. The molecule has 4 aromatic carbocycles. The maximum atomic E-state index is 13.9. The fourth-order valence-electron chi connectivity index (χ4n) is 6.93. The summed E-state index contributed by atoms with van der Waals surface area (Å²) in [6.07, 6.45) is 4.48. The van der Waals surface area contributed by atoms with Crippen LogP contribution in [-0.4, -0.2) is 54.4 Å². The summed E-state index contributed by atoms with van der Waals surface area (Å²) in [5.74, 6) is 0.695. The number of phenols is 2. The molecule has 2 N–H and O–H groups in total. The number of phenolic OH excluding ortho intramolecular Hbond substituents is 2. The number of methoxy groups -OCH3 is 1. The van der Waals surface area contributed by atoms with E-state index in [0.717, 1.165) is 43.1 Å². The molecule has 2 aliphatic heterocycles. The average molecular weight is 662 g/mol. The number of hydrogen-bond donors (Lipinski definition) is 2. The number of ether oxygens (including phenoxy) is 3. The first-order chi connectivity index (χ1) is 23.9. The first kappa shape index (κ1) is 32.1. The number of piperidine rings is 1. The second kappa shape index (κ2) is 14.0. The van der Waals surface area contributed by atoms with Crippen LogP contribution in [0.3, 0.4) is 0 Å². The second-order valence-corrected chi connectivity index (χ2v) is 12.6. The van der Waals surface area contributed by atoms with Gasteiger partial charge >= 0.3 is 0 Å². The maximum absolute atomic E-state index is 13.9. The first-order valence-corrected chi connectivity index (χ1v) is 16.8. The van der Waals surface area contributed by atoms with Crippen LogP contribution in [-0.2, 0) is 17.6 Å². The van der Waals surface area contributed by atoms with Gasteiger partial charge < -0.3 is 33.7 Å². The Morgan fingerprint density at radius 3 is 2.53 bits per heavy atom. The fourth-order valence-corrected chi connectivity index (χ4v) is 6.93. The first-order valence-electron chi connectivity index (χ1n) is 16.8. The van der Waals surface area contributed by atoms with Crippen molar-refractivity contribution in [1.82, 2.24) is 4.90 Å². The Kier molecular flexibility index (Phi) is 9.15. The standard InChI is InChI=1S/C40H39NO8/c1-46-34-13-11-27(21-36(34)48-18-14-25-10-12-33-28(20-25)15-19-47-33)29(22-37(45)41-16-6-3-7-17-41)38-30(42)23-31(43)39-32(44)24-35(49-40(38)39)26-8-4-2-5-9-26/h2,4-5,8-13,20-21,23-24,29,42-43H,3,6-7,14-19,22H2,1H3/t29-/m1/s1. The van der Waals surface area contributed by atoms with Crippen molar-refractivity contribution >= 4 is 16.9 Å². The number of rotatable bonds is 10. The minimum atomic E-state index is -0.753. The molecule has 49 heavy (non-hydrogen) atoms. The summed E-state index contributed by atoms with van der Waals surface area (Å²) in [7, 11) is 1.57. The van der Waals surface area contributed by atoms with Crippen molar-refractivity contribution in [2.45, 2.75) is 44.4 Å². The molecule has 0 unspecified atom stereocenters. The number of carbonyl (C=O) groups is 1. The van der Waals surface area contributed by atoms with E-state index in [1.165, 1.54) is 11.6 Å². The van der Waals surface area contributed by atoms with Crippen LogP contribution >= 0.6 is 0 Å². The van der Waals surface area contributed by atoms with Crippen molar-refractivity contribution in [2.24, 2.45) is 0 Å². The van der Waals surface area contributed by atoms with Crippen molar-refractivity contribution in [3.63, 3.8) is 0 Å². The van der Waals surface area contributed by atoms with Crippen LogP contribution in [0.2, 0.25) is 0 Å². The molecule has 1 fully saturated rings. The summed E-state index contributed by atoms with van der Waals surface area (Å²) in [4.78, 5) is 29.2. The molecule has 252 valence electrons. The van der Waals surface area contributed by atoms with E-state index in [1.807, 2.05) is 59.5 Å². The zero-order valence-electron chi connectivity index (χ0n) is 27.4. The third kappa shape index (κ3) is 6.66. The van der Waals surface area contributed by atoms with Gasteiger partial charge in [0.15, 0.2) is 16.9 Å². The number of benzene rings is 4. The summed E-state index contributed by atoms with van der Waals surface area (Å²) in [5.41, 5.74) is 3.45. The lowest BCUT2D eigenvalue weighted by atomic mass is 9.85. The van der Waals surface area contributed by atoms with Crippen LogP contribution in [0.25, 0.3) is 22.3 Å². The van der Waals surface area contributed by atoms with Gasteiger partial charge in [0.2, 0.25) is 5.91 Å². The number of likely N-dealkylation sites (tertiary alicyclic amines) is 1. The van der Waals surface area contributed by atoms with Gasteiger partial charge in [-0.1, -0.05) is 48.5 Å². The zero-order valence-corrected chi connectivity index (χ0v) is 27.4. The SMILES string of the molecule is COc1ccc([C@@H](CC(=O)N2CCCCC2)c2c(O)cc(O)c3c(=O)cc(-c4ccccc4)oc23)cc1OCCc1ccc2c(c1)CCO2. The molecule has 5 aromatic rings. The molecule has 0 radical (unpaired) electrons. The number of fused-ring (bicyclic) bond motifs is 2. The van der Waals surface area contributed by atoms with Gasteiger partial charge in [-0.2, -0.15) is 0 Å². The third-order valence-corrected chi connectivity index (χ3v) is 9.48. The molecular formula is C40H39NO8. The van der Waals surface area contributed by atoms with Crippen molar-refractivity contribution in [1.29, 1.82) is 0 Å². The van der Waals surface area contributed by atoms with E-state index in [1.54, 1.807) is 13.2 Å². The zero-order chi connectivity index (χ0) is 33.9. The van der Waals surface area contributed by atoms with E-state index in [2.05, 4.69) is 6.07 Å². The molecule has 0 spiro atoms. The van der Waals surface area contributed by atoms with Crippen molar-refractivity contribution in [3.05, 3.63) is 111 Å². The lowest BCUT2D eigenvalue weighted by Gasteiger charge is -2.29. The molecule has 1 aromatic heterocycles. The summed E-state index contributed by atoms with van der Waals surface area (Å²) in [5, 5.41) is 22.3. The lowest BCUT2D eigenvalue weighted by Crippen LogP contribution is -2.36. The van der Waals surface area contributed by atoms with Crippen LogP contribution < -0.4 is 19.6 Å². The molecule has 0 saturated carbocycles. The Hall–Kier alpha value is -5.44. The van der Waals surface area contributed by atoms with Crippen molar-refractivity contribution in [3.8, 4) is 40.1 Å². The quantitative estimate of drug-likeness (QED) is 0.165. The van der Waals surface area contributed by atoms with E-state index in [0.29, 0.717) is 55.4 Å². The minimum absolute atomic E-state index is 0.00429. The van der Waals surface area contributed by atoms with Gasteiger partial charge in [-0.15, -0.1) is 0 Å². The van der Waals surface area contributed by atoms with E-state index >= 15 is 0 Å². The predicted molar refractivity (Wildman–Crippen MR) is 186 cm³/mol. The third-order valence-electron chi connectivity index (χ3n) is 9.48. The number of carbonyl (C=O) groups excluding carboxylic acids is 1. The molecule has 1 atom stereocenters. The lowest BCUT2D eigenvalue weighted by molar-refractivity contribution is -0.132. The Labute approximate surface area is 284 Å². The molecular weight excluding hydrogens is 622 g/mol. The summed E-state index contributed by atoms with van der Waals surface area (Å²) < 4.78 is 24.0. The largest absolute Gasteiger partial charge is 0.507 e. The van der Waals surface area contributed by atoms with Crippen molar-refractivity contribution < 1.29 is 33.6 Å². The minimum Gasteiger partial charge on any atom is -0.507 e. The number of amides is 1.